The number of ether oxygens (including phenoxy) is 2. The Balaban J connectivity index is 2.45. The molecule has 5 heteroatoms. The number of carbonyl (C=O) groups is 1. The number of hydrogen-bond donors (Lipinski definition) is 0. The van der Waals surface area contributed by atoms with Crippen molar-refractivity contribution in [3.63, 3.8) is 0 Å². The molecule has 17 heavy (non-hydrogen) atoms. The molecule has 0 aliphatic heterocycles. The van der Waals surface area contributed by atoms with E-state index < -0.39 is 5.97 Å². The number of nitrogens with zero attached hydrogens (tertiary/aromatic N) is 1. The first-order valence-corrected chi connectivity index (χ1v) is 4.95. The van der Waals surface area contributed by atoms with E-state index in [1.807, 2.05) is 30.3 Å². The van der Waals surface area contributed by atoms with E-state index in [1.54, 1.807) is 0 Å². The molecule has 0 aliphatic carbocycles. The number of esters is 1. The molecular formula is C12H11NO4. The predicted octanol–water partition coefficient (Wildman–Crippen LogP) is 2.14. The number of carbonyl (C=O) groups excluding carboxylic acids is 1. The van der Waals surface area contributed by atoms with Crippen LogP contribution in [0, 0.1) is 0 Å². The Morgan fingerprint density at radius 3 is 2.53 bits per heavy atom. The van der Waals surface area contributed by atoms with Crippen molar-refractivity contribution in [2.75, 3.05) is 14.2 Å². The molecule has 2 rings (SSSR count). The van der Waals surface area contributed by atoms with Gasteiger partial charge in [-0.1, -0.05) is 18.2 Å². The van der Waals surface area contributed by atoms with Crippen LogP contribution in [0.4, 0.5) is 0 Å². The molecule has 0 atom stereocenters. The summed E-state index contributed by atoms with van der Waals surface area (Å²) in [6, 6.07) is 9.23. The molecule has 0 N–H and O–H groups in total. The van der Waals surface area contributed by atoms with Crippen LogP contribution >= 0.6 is 0 Å². The lowest BCUT2D eigenvalue weighted by molar-refractivity contribution is 0.0588. The first kappa shape index (κ1) is 11.2. The third-order valence-electron chi connectivity index (χ3n) is 2.18. The fourth-order valence-corrected chi connectivity index (χ4v) is 1.37. The summed E-state index contributed by atoms with van der Waals surface area (Å²) in [5, 5.41) is 0. The first-order chi connectivity index (χ1) is 8.26. The maximum absolute atomic E-state index is 11.4. The highest BCUT2D eigenvalue weighted by atomic mass is 16.6. The predicted molar refractivity (Wildman–Crippen MR) is 59.8 cm³/mol. The number of hydrogen-bond acceptors (Lipinski definition) is 5. The van der Waals surface area contributed by atoms with Crippen molar-refractivity contribution >= 4 is 5.97 Å². The maximum atomic E-state index is 11.4. The van der Waals surface area contributed by atoms with E-state index in [4.69, 9.17) is 9.15 Å². The molecule has 0 aliphatic rings. The third kappa shape index (κ3) is 2.13. The normalized spacial score (nSPS) is 10.0. The molecule has 0 bridgehead atoms. The SMILES string of the molecule is COC(=O)c1nc(-c2ccccc2)oc1OC. The third-order valence-corrected chi connectivity index (χ3v) is 2.18. The fraction of sp³-hybridized carbons (Fsp3) is 0.167. The Morgan fingerprint density at radius 2 is 1.94 bits per heavy atom. The van der Waals surface area contributed by atoms with E-state index in [1.165, 1.54) is 14.2 Å². The Bertz CT molecular complexity index is 519. The second kappa shape index (κ2) is 4.69. The standard InChI is InChI=1S/C12H11NO4/c1-15-11(14)9-12(16-2)17-10(13-9)8-6-4-3-5-7-8/h3-7H,1-2H3. The zero-order valence-electron chi connectivity index (χ0n) is 9.47. The van der Waals surface area contributed by atoms with Gasteiger partial charge in [-0.2, -0.15) is 4.98 Å². The van der Waals surface area contributed by atoms with E-state index >= 15 is 0 Å². The number of oxazole rings is 1. The minimum atomic E-state index is -0.590. The van der Waals surface area contributed by atoms with Gasteiger partial charge in [0, 0.05) is 5.56 Å². The quantitative estimate of drug-likeness (QED) is 0.760. The van der Waals surface area contributed by atoms with Gasteiger partial charge in [0.2, 0.25) is 11.6 Å². The van der Waals surface area contributed by atoms with Crippen molar-refractivity contribution in [2.45, 2.75) is 0 Å². The van der Waals surface area contributed by atoms with Crippen LogP contribution in [0.2, 0.25) is 0 Å². The topological polar surface area (TPSA) is 61.6 Å². The lowest BCUT2D eigenvalue weighted by atomic mass is 10.2. The van der Waals surface area contributed by atoms with Crippen LogP contribution in [0.15, 0.2) is 34.7 Å². The molecule has 2 aromatic rings. The highest BCUT2D eigenvalue weighted by Crippen LogP contribution is 2.27. The summed E-state index contributed by atoms with van der Waals surface area (Å²) in [6.45, 7) is 0. The zero-order chi connectivity index (χ0) is 12.3. The van der Waals surface area contributed by atoms with E-state index in [2.05, 4.69) is 9.72 Å². The summed E-state index contributed by atoms with van der Waals surface area (Å²) in [5.41, 5.74) is 0.801. The van der Waals surface area contributed by atoms with Gasteiger partial charge in [0.1, 0.15) is 0 Å². The van der Waals surface area contributed by atoms with E-state index in [9.17, 15) is 4.79 Å². The zero-order valence-corrected chi connectivity index (χ0v) is 9.47. The van der Waals surface area contributed by atoms with Gasteiger partial charge < -0.3 is 13.9 Å². The maximum Gasteiger partial charge on any atom is 0.364 e. The van der Waals surface area contributed by atoms with Gasteiger partial charge >= 0.3 is 11.9 Å². The molecule has 0 amide bonds. The summed E-state index contributed by atoms with van der Waals surface area (Å²) in [6.07, 6.45) is 0. The smallest absolute Gasteiger partial charge is 0.364 e. The molecule has 0 spiro atoms. The Labute approximate surface area is 98.0 Å². The molecule has 0 unspecified atom stereocenters. The van der Waals surface area contributed by atoms with Crippen molar-refractivity contribution < 1.29 is 18.7 Å². The van der Waals surface area contributed by atoms with Crippen molar-refractivity contribution in [1.29, 1.82) is 0 Å². The molecule has 1 heterocycles. The fourth-order valence-electron chi connectivity index (χ4n) is 1.37. The average Bonchev–Trinajstić information content (AvgIpc) is 2.83. The molecule has 0 saturated carbocycles. The van der Waals surface area contributed by atoms with Gasteiger partial charge in [0.25, 0.3) is 0 Å². The second-order valence-corrected chi connectivity index (χ2v) is 3.22. The van der Waals surface area contributed by atoms with Gasteiger partial charge in [0.05, 0.1) is 14.2 Å². The van der Waals surface area contributed by atoms with Crippen molar-refractivity contribution in [3.8, 4) is 17.4 Å². The number of benzene rings is 1. The summed E-state index contributed by atoms with van der Waals surface area (Å²) < 4.78 is 14.9. The molecule has 88 valence electrons. The lowest BCUT2D eigenvalue weighted by Crippen LogP contribution is -2.03. The van der Waals surface area contributed by atoms with Crippen LogP contribution < -0.4 is 4.74 Å². The summed E-state index contributed by atoms with van der Waals surface area (Å²) >= 11 is 0. The highest BCUT2D eigenvalue weighted by Gasteiger charge is 2.22. The van der Waals surface area contributed by atoms with Crippen LogP contribution in [0.1, 0.15) is 10.5 Å². The van der Waals surface area contributed by atoms with Crippen LogP contribution in [-0.4, -0.2) is 25.2 Å². The number of rotatable bonds is 3. The van der Waals surface area contributed by atoms with E-state index in [0.29, 0.717) is 5.89 Å². The van der Waals surface area contributed by atoms with Gasteiger partial charge in [-0.3, -0.25) is 0 Å². The molecule has 1 aromatic carbocycles. The molecule has 1 aromatic heterocycles. The second-order valence-electron chi connectivity index (χ2n) is 3.22. The van der Waals surface area contributed by atoms with Crippen LogP contribution in [-0.2, 0) is 4.74 Å². The van der Waals surface area contributed by atoms with Gasteiger partial charge in [-0.25, -0.2) is 4.79 Å². The minimum absolute atomic E-state index is 0.0360. The summed E-state index contributed by atoms with van der Waals surface area (Å²) in [4.78, 5) is 15.5. The Kier molecular flexibility index (Phi) is 3.09. The van der Waals surface area contributed by atoms with Crippen molar-refractivity contribution in [3.05, 3.63) is 36.0 Å². The first-order valence-electron chi connectivity index (χ1n) is 4.95. The Hall–Kier alpha value is -2.30. The lowest BCUT2D eigenvalue weighted by Gasteiger charge is -1.95. The monoisotopic (exact) mass is 233 g/mol. The van der Waals surface area contributed by atoms with E-state index in [-0.39, 0.29) is 11.6 Å². The van der Waals surface area contributed by atoms with Gasteiger partial charge in [0.15, 0.2) is 0 Å². The van der Waals surface area contributed by atoms with Crippen LogP contribution in [0.25, 0.3) is 11.5 Å². The summed E-state index contributed by atoms with van der Waals surface area (Å²) in [7, 11) is 2.68. The van der Waals surface area contributed by atoms with Crippen LogP contribution in [0.5, 0.6) is 5.95 Å². The Morgan fingerprint density at radius 1 is 1.24 bits per heavy atom. The van der Waals surface area contributed by atoms with Gasteiger partial charge in [-0.15, -0.1) is 0 Å². The van der Waals surface area contributed by atoms with Crippen LogP contribution in [0.3, 0.4) is 0 Å². The minimum Gasteiger partial charge on any atom is -0.467 e. The number of aromatic nitrogens is 1. The highest BCUT2D eigenvalue weighted by molar-refractivity contribution is 5.90. The summed E-state index contributed by atoms with van der Waals surface area (Å²) in [5.74, 6) is -0.216. The van der Waals surface area contributed by atoms with E-state index in [0.717, 1.165) is 5.56 Å². The van der Waals surface area contributed by atoms with Gasteiger partial charge in [-0.05, 0) is 12.1 Å². The average molecular weight is 233 g/mol. The largest absolute Gasteiger partial charge is 0.467 e. The molecule has 0 radical (unpaired) electrons. The molecular weight excluding hydrogens is 222 g/mol. The van der Waals surface area contributed by atoms with Crippen molar-refractivity contribution in [1.82, 2.24) is 4.98 Å². The molecule has 0 saturated heterocycles. The van der Waals surface area contributed by atoms with Crippen molar-refractivity contribution in [2.24, 2.45) is 0 Å². The molecule has 5 nitrogen and oxygen atoms in total. The number of methoxy groups -OCH3 is 2. The molecule has 0 fully saturated rings.